The van der Waals surface area contributed by atoms with E-state index in [9.17, 15) is 18.0 Å². The summed E-state index contributed by atoms with van der Waals surface area (Å²) in [6.07, 6.45) is 3.01. The van der Waals surface area contributed by atoms with Crippen molar-refractivity contribution in [3.63, 3.8) is 0 Å². The molecule has 11 heteroatoms. The molecule has 0 fully saturated rings. The Morgan fingerprint density at radius 1 is 1.15 bits per heavy atom. The lowest BCUT2D eigenvalue weighted by molar-refractivity contribution is -0.121. The van der Waals surface area contributed by atoms with Crippen molar-refractivity contribution >= 4 is 33.7 Å². The third-order valence-electron chi connectivity index (χ3n) is 4.20. The first-order valence-electron chi connectivity index (χ1n) is 9.75. The van der Waals surface area contributed by atoms with E-state index in [1.54, 1.807) is 24.3 Å². The molecule has 2 rings (SSSR count). The molecule has 0 bridgehead atoms. The average Bonchev–Trinajstić information content (AvgIpc) is 2.77. The largest absolute Gasteiger partial charge is 0.493 e. The lowest BCUT2D eigenvalue weighted by atomic mass is 10.2. The number of nitrogens with zero attached hydrogens (tertiary/aromatic N) is 2. The van der Waals surface area contributed by atoms with Crippen molar-refractivity contribution in [1.29, 1.82) is 0 Å². The highest BCUT2D eigenvalue weighted by atomic mass is 32.2. The normalized spacial score (nSPS) is 11.3. The standard InChI is InChI=1S/C22H26N4O6S/c1-5-12-32-20-11-6-17(13-21(20)31-4)14-23-25-22(28)15-26(3)33(29,30)19-9-7-18(8-10-19)24-16(2)27/h5-11,13-14H,1,12,15H2,2-4H3,(H,24,27)(H,25,28)/b23-14+. The minimum absolute atomic E-state index is 0.0127. The maximum Gasteiger partial charge on any atom is 0.255 e. The maximum atomic E-state index is 12.7. The number of nitrogens with one attached hydrogen (secondary N) is 2. The summed E-state index contributed by atoms with van der Waals surface area (Å²) in [5, 5.41) is 6.41. The van der Waals surface area contributed by atoms with Crippen molar-refractivity contribution in [2.75, 3.05) is 32.6 Å². The van der Waals surface area contributed by atoms with Gasteiger partial charge in [0.05, 0.1) is 24.8 Å². The number of methoxy groups -OCH3 is 1. The summed E-state index contributed by atoms with van der Waals surface area (Å²) < 4.78 is 37.0. The first-order chi connectivity index (χ1) is 15.7. The van der Waals surface area contributed by atoms with E-state index in [4.69, 9.17) is 9.47 Å². The van der Waals surface area contributed by atoms with Gasteiger partial charge >= 0.3 is 0 Å². The van der Waals surface area contributed by atoms with Crippen LogP contribution in [0.5, 0.6) is 11.5 Å². The van der Waals surface area contributed by atoms with Gasteiger partial charge in [0.15, 0.2) is 11.5 Å². The molecule has 0 aliphatic heterocycles. The number of benzene rings is 2. The summed E-state index contributed by atoms with van der Waals surface area (Å²) in [6, 6.07) is 10.7. The smallest absolute Gasteiger partial charge is 0.255 e. The van der Waals surface area contributed by atoms with E-state index in [-0.39, 0.29) is 10.8 Å². The second-order valence-electron chi connectivity index (χ2n) is 6.77. The van der Waals surface area contributed by atoms with Crippen LogP contribution < -0.4 is 20.2 Å². The summed E-state index contributed by atoms with van der Waals surface area (Å²) in [5.41, 5.74) is 3.40. The zero-order valence-electron chi connectivity index (χ0n) is 18.6. The molecule has 0 aromatic heterocycles. The number of sulfonamides is 1. The number of amides is 2. The molecule has 0 aliphatic rings. The fraction of sp³-hybridized carbons (Fsp3) is 0.227. The van der Waals surface area contributed by atoms with Crippen molar-refractivity contribution in [1.82, 2.24) is 9.73 Å². The maximum absolute atomic E-state index is 12.7. The molecule has 176 valence electrons. The minimum atomic E-state index is -3.91. The molecule has 0 unspecified atom stereocenters. The van der Waals surface area contributed by atoms with Crippen molar-refractivity contribution < 1.29 is 27.5 Å². The molecule has 0 atom stereocenters. The Hall–Kier alpha value is -3.70. The third kappa shape index (κ3) is 7.44. The Morgan fingerprint density at radius 2 is 1.85 bits per heavy atom. The van der Waals surface area contributed by atoms with E-state index in [1.165, 1.54) is 51.6 Å². The molecule has 0 spiro atoms. The Kier molecular flexibility index (Phi) is 9.13. The highest BCUT2D eigenvalue weighted by molar-refractivity contribution is 7.89. The molecule has 0 heterocycles. The second-order valence-corrected chi connectivity index (χ2v) is 8.81. The van der Waals surface area contributed by atoms with Gasteiger partial charge in [0.25, 0.3) is 5.91 Å². The van der Waals surface area contributed by atoms with Crippen molar-refractivity contribution in [3.8, 4) is 11.5 Å². The van der Waals surface area contributed by atoms with Crippen LogP contribution in [0.2, 0.25) is 0 Å². The number of anilines is 1. The predicted octanol–water partition coefficient (Wildman–Crippen LogP) is 1.99. The second kappa shape index (κ2) is 11.8. The number of rotatable bonds is 11. The van der Waals surface area contributed by atoms with Crippen LogP contribution in [0.4, 0.5) is 5.69 Å². The number of carbonyl (C=O) groups excluding carboxylic acids is 2. The SMILES string of the molecule is C=CCOc1ccc(/C=N/NC(=O)CN(C)S(=O)(=O)c2ccc(NC(C)=O)cc2)cc1OC. The minimum Gasteiger partial charge on any atom is -0.493 e. The molecule has 0 radical (unpaired) electrons. The molecule has 0 saturated carbocycles. The van der Waals surface area contributed by atoms with Gasteiger partial charge in [-0.1, -0.05) is 12.7 Å². The number of likely N-dealkylation sites (N-methyl/N-ethyl adjacent to an activating group) is 1. The van der Waals surface area contributed by atoms with Gasteiger partial charge in [0.1, 0.15) is 6.61 Å². The summed E-state index contributed by atoms with van der Waals surface area (Å²) in [7, 11) is -1.12. The van der Waals surface area contributed by atoms with Crippen LogP contribution in [0.1, 0.15) is 12.5 Å². The first kappa shape index (κ1) is 25.6. The quantitative estimate of drug-likeness (QED) is 0.291. The van der Waals surface area contributed by atoms with E-state index < -0.39 is 22.5 Å². The van der Waals surface area contributed by atoms with E-state index in [2.05, 4.69) is 22.4 Å². The molecule has 10 nitrogen and oxygen atoms in total. The van der Waals surface area contributed by atoms with E-state index >= 15 is 0 Å². The van der Waals surface area contributed by atoms with Crippen LogP contribution in [0.15, 0.2) is 65.1 Å². The van der Waals surface area contributed by atoms with Crippen LogP contribution in [-0.4, -0.2) is 58.1 Å². The molecule has 0 aliphatic carbocycles. The van der Waals surface area contributed by atoms with E-state index in [0.717, 1.165) is 4.31 Å². The summed E-state index contributed by atoms with van der Waals surface area (Å²) in [6.45, 7) is 4.83. The Bertz CT molecular complexity index is 1130. The third-order valence-corrected chi connectivity index (χ3v) is 6.01. The van der Waals surface area contributed by atoms with Crippen LogP contribution >= 0.6 is 0 Å². The molecule has 0 saturated heterocycles. The fourth-order valence-corrected chi connectivity index (χ4v) is 3.75. The van der Waals surface area contributed by atoms with Gasteiger partial charge in [-0.2, -0.15) is 9.41 Å². The molecule has 2 amide bonds. The molecular weight excluding hydrogens is 448 g/mol. The number of hydrogen-bond donors (Lipinski definition) is 2. The topological polar surface area (TPSA) is 126 Å². The van der Waals surface area contributed by atoms with Crippen molar-refractivity contribution in [2.45, 2.75) is 11.8 Å². The number of carbonyl (C=O) groups is 2. The zero-order chi connectivity index (χ0) is 24.4. The van der Waals surface area contributed by atoms with Gasteiger partial charge in [-0.3, -0.25) is 9.59 Å². The molecule has 2 aromatic carbocycles. The average molecular weight is 475 g/mol. The lowest BCUT2D eigenvalue weighted by Crippen LogP contribution is -2.36. The van der Waals surface area contributed by atoms with Gasteiger partial charge < -0.3 is 14.8 Å². The van der Waals surface area contributed by atoms with Gasteiger partial charge in [-0.05, 0) is 48.0 Å². The highest BCUT2D eigenvalue weighted by Crippen LogP contribution is 2.27. The fourth-order valence-electron chi connectivity index (χ4n) is 2.63. The Balaban J connectivity index is 1.97. The number of hydrazone groups is 1. The zero-order valence-corrected chi connectivity index (χ0v) is 19.4. The molecule has 2 N–H and O–H groups in total. The Labute approximate surface area is 192 Å². The monoisotopic (exact) mass is 474 g/mol. The van der Waals surface area contributed by atoms with Gasteiger partial charge in [-0.25, -0.2) is 13.8 Å². The van der Waals surface area contributed by atoms with Crippen LogP contribution in [0.3, 0.4) is 0 Å². The first-order valence-corrected chi connectivity index (χ1v) is 11.2. The van der Waals surface area contributed by atoms with Gasteiger partial charge in [0.2, 0.25) is 15.9 Å². The predicted molar refractivity (Wildman–Crippen MR) is 125 cm³/mol. The van der Waals surface area contributed by atoms with Crippen LogP contribution in [0.25, 0.3) is 0 Å². The number of ether oxygens (including phenoxy) is 2. The molecule has 33 heavy (non-hydrogen) atoms. The van der Waals surface area contributed by atoms with Crippen molar-refractivity contribution in [2.24, 2.45) is 5.10 Å². The summed E-state index contributed by atoms with van der Waals surface area (Å²) in [4.78, 5) is 23.2. The Morgan fingerprint density at radius 3 is 2.45 bits per heavy atom. The highest BCUT2D eigenvalue weighted by Gasteiger charge is 2.22. The van der Waals surface area contributed by atoms with Crippen LogP contribution in [-0.2, 0) is 19.6 Å². The summed E-state index contributed by atoms with van der Waals surface area (Å²) in [5.74, 6) is 0.137. The lowest BCUT2D eigenvalue weighted by Gasteiger charge is -2.16. The number of hydrogen-bond acceptors (Lipinski definition) is 7. The van der Waals surface area contributed by atoms with Crippen molar-refractivity contribution in [3.05, 3.63) is 60.7 Å². The summed E-state index contributed by atoms with van der Waals surface area (Å²) >= 11 is 0. The van der Waals surface area contributed by atoms with Gasteiger partial charge in [-0.15, -0.1) is 0 Å². The van der Waals surface area contributed by atoms with Crippen LogP contribution in [0, 0.1) is 0 Å². The molecule has 2 aromatic rings. The van der Waals surface area contributed by atoms with Gasteiger partial charge in [0, 0.05) is 19.7 Å². The van der Waals surface area contributed by atoms with E-state index in [1.807, 2.05) is 0 Å². The van der Waals surface area contributed by atoms with E-state index in [0.29, 0.717) is 29.4 Å². The molecular formula is C22H26N4O6S.